The highest BCUT2D eigenvalue weighted by Crippen LogP contribution is 2.23. The van der Waals surface area contributed by atoms with Crippen LogP contribution in [0.1, 0.15) is 5.56 Å². The van der Waals surface area contributed by atoms with Crippen LogP contribution < -0.4 is 20.1 Å². The Morgan fingerprint density at radius 1 is 0.897 bits per heavy atom. The van der Waals surface area contributed by atoms with Crippen LogP contribution in [0.2, 0.25) is 5.02 Å². The fourth-order valence-electron chi connectivity index (χ4n) is 2.68. The first kappa shape index (κ1) is 20.6. The molecule has 0 aromatic heterocycles. The number of hydrogen-bond acceptors (Lipinski definition) is 4. The van der Waals surface area contributed by atoms with Crippen LogP contribution in [-0.2, 0) is 4.79 Å². The second kappa shape index (κ2) is 10.4. The standard InChI is InChI=1S/C23H23ClN2O3/c1-17-21(24)11-6-12-22(17)25-16-23(27)26-18-7-5-10-20(15-18)29-14-13-28-19-8-3-2-4-9-19/h2-12,15,25H,13-14,16H2,1H3,(H,26,27). The summed E-state index contributed by atoms with van der Waals surface area (Å²) in [5, 5.41) is 6.62. The van der Waals surface area contributed by atoms with E-state index in [1.54, 1.807) is 6.07 Å². The largest absolute Gasteiger partial charge is 0.490 e. The molecule has 2 N–H and O–H groups in total. The number of carbonyl (C=O) groups excluding carboxylic acids is 1. The molecule has 3 aromatic rings. The Kier molecular flexibility index (Phi) is 7.36. The molecular formula is C23H23ClN2O3. The lowest BCUT2D eigenvalue weighted by atomic mass is 10.2. The molecule has 5 nitrogen and oxygen atoms in total. The third kappa shape index (κ3) is 6.43. The average Bonchev–Trinajstić information content (AvgIpc) is 2.73. The van der Waals surface area contributed by atoms with Gasteiger partial charge in [-0.2, -0.15) is 0 Å². The molecule has 0 aliphatic carbocycles. The number of hydrogen-bond donors (Lipinski definition) is 2. The number of carbonyl (C=O) groups is 1. The van der Waals surface area contributed by atoms with Gasteiger partial charge in [-0.1, -0.05) is 41.9 Å². The molecule has 0 aliphatic heterocycles. The Bertz CT molecular complexity index is 948. The molecule has 29 heavy (non-hydrogen) atoms. The molecule has 0 atom stereocenters. The lowest BCUT2D eigenvalue weighted by Crippen LogP contribution is -2.22. The van der Waals surface area contributed by atoms with Crippen molar-refractivity contribution in [2.24, 2.45) is 0 Å². The highest BCUT2D eigenvalue weighted by Gasteiger charge is 2.06. The molecule has 0 unspecified atom stereocenters. The topological polar surface area (TPSA) is 59.6 Å². The maximum absolute atomic E-state index is 12.2. The molecule has 150 valence electrons. The van der Waals surface area contributed by atoms with Gasteiger partial charge in [0.15, 0.2) is 0 Å². The number of ether oxygens (including phenoxy) is 2. The third-order valence-electron chi connectivity index (χ3n) is 4.19. The minimum absolute atomic E-state index is 0.136. The second-order valence-corrected chi connectivity index (χ2v) is 6.76. The summed E-state index contributed by atoms with van der Waals surface area (Å²) in [5.41, 5.74) is 2.42. The monoisotopic (exact) mass is 410 g/mol. The SMILES string of the molecule is Cc1c(Cl)cccc1NCC(=O)Nc1cccc(OCCOc2ccccc2)c1. The summed E-state index contributed by atoms with van der Waals surface area (Å²) in [7, 11) is 0. The Morgan fingerprint density at radius 3 is 2.38 bits per heavy atom. The Labute approximate surface area is 175 Å². The van der Waals surface area contributed by atoms with Gasteiger partial charge in [-0.25, -0.2) is 0 Å². The van der Waals surface area contributed by atoms with E-state index in [0.717, 1.165) is 17.0 Å². The zero-order valence-corrected chi connectivity index (χ0v) is 16.9. The molecule has 3 aromatic carbocycles. The summed E-state index contributed by atoms with van der Waals surface area (Å²) in [6.07, 6.45) is 0. The summed E-state index contributed by atoms with van der Waals surface area (Å²) >= 11 is 6.10. The maximum Gasteiger partial charge on any atom is 0.243 e. The van der Waals surface area contributed by atoms with Crippen LogP contribution in [0.4, 0.5) is 11.4 Å². The lowest BCUT2D eigenvalue weighted by Gasteiger charge is -2.12. The minimum Gasteiger partial charge on any atom is -0.490 e. The number of nitrogens with one attached hydrogen (secondary N) is 2. The van der Waals surface area contributed by atoms with Crippen LogP contribution in [0.25, 0.3) is 0 Å². The van der Waals surface area contributed by atoms with Crippen molar-refractivity contribution in [2.75, 3.05) is 30.4 Å². The van der Waals surface area contributed by atoms with E-state index < -0.39 is 0 Å². The molecule has 0 fully saturated rings. The first-order chi connectivity index (χ1) is 14.1. The van der Waals surface area contributed by atoms with E-state index in [1.807, 2.05) is 73.7 Å². The van der Waals surface area contributed by atoms with Crippen molar-refractivity contribution in [3.05, 3.63) is 83.4 Å². The van der Waals surface area contributed by atoms with Gasteiger partial charge in [-0.05, 0) is 48.9 Å². The summed E-state index contributed by atoms with van der Waals surface area (Å²) in [4.78, 5) is 12.2. The number of amides is 1. The minimum atomic E-state index is -0.158. The summed E-state index contributed by atoms with van der Waals surface area (Å²) < 4.78 is 11.3. The van der Waals surface area contributed by atoms with Gasteiger partial charge in [0.25, 0.3) is 0 Å². The molecule has 1 amide bonds. The number of para-hydroxylation sites is 1. The van der Waals surface area contributed by atoms with E-state index in [2.05, 4.69) is 10.6 Å². The van der Waals surface area contributed by atoms with Crippen LogP contribution in [0.3, 0.4) is 0 Å². The van der Waals surface area contributed by atoms with Crippen LogP contribution >= 0.6 is 11.6 Å². The zero-order chi connectivity index (χ0) is 20.5. The van der Waals surface area contributed by atoms with Crippen molar-refractivity contribution in [1.82, 2.24) is 0 Å². The Balaban J connectivity index is 1.45. The van der Waals surface area contributed by atoms with E-state index in [-0.39, 0.29) is 12.5 Å². The third-order valence-corrected chi connectivity index (χ3v) is 4.60. The summed E-state index contributed by atoms with van der Waals surface area (Å²) in [6, 6.07) is 22.4. The Hall–Kier alpha value is -3.18. The predicted octanol–water partition coefficient (Wildman–Crippen LogP) is 5.16. The number of rotatable bonds is 9. The van der Waals surface area contributed by atoms with Gasteiger partial charge in [0.05, 0.1) is 6.54 Å². The van der Waals surface area contributed by atoms with Gasteiger partial charge >= 0.3 is 0 Å². The van der Waals surface area contributed by atoms with Crippen LogP contribution in [0, 0.1) is 6.92 Å². The summed E-state index contributed by atoms with van der Waals surface area (Å²) in [5.74, 6) is 1.31. The smallest absolute Gasteiger partial charge is 0.243 e. The number of anilines is 2. The van der Waals surface area contributed by atoms with Gasteiger partial charge in [-0.3, -0.25) is 4.79 Å². The lowest BCUT2D eigenvalue weighted by molar-refractivity contribution is -0.114. The van der Waals surface area contributed by atoms with Crippen LogP contribution in [0.15, 0.2) is 72.8 Å². The first-order valence-corrected chi connectivity index (χ1v) is 9.69. The zero-order valence-electron chi connectivity index (χ0n) is 16.2. The van der Waals surface area contributed by atoms with Crippen molar-refractivity contribution in [2.45, 2.75) is 6.92 Å². The predicted molar refractivity (Wildman–Crippen MR) is 117 cm³/mol. The average molecular weight is 411 g/mol. The van der Waals surface area contributed by atoms with Crippen molar-refractivity contribution < 1.29 is 14.3 Å². The molecule has 0 heterocycles. The quantitative estimate of drug-likeness (QED) is 0.478. The van der Waals surface area contributed by atoms with E-state index in [9.17, 15) is 4.79 Å². The van der Waals surface area contributed by atoms with Crippen LogP contribution in [-0.4, -0.2) is 25.7 Å². The first-order valence-electron chi connectivity index (χ1n) is 9.31. The van der Waals surface area contributed by atoms with E-state index in [0.29, 0.717) is 29.7 Å². The molecule has 0 bridgehead atoms. The van der Waals surface area contributed by atoms with E-state index in [4.69, 9.17) is 21.1 Å². The fourth-order valence-corrected chi connectivity index (χ4v) is 2.85. The molecule has 0 spiro atoms. The number of benzene rings is 3. The molecule has 0 aliphatic rings. The molecule has 3 rings (SSSR count). The van der Waals surface area contributed by atoms with Crippen molar-refractivity contribution in [3.63, 3.8) is 0 Å². The van der Waals surface area contributed by atoms with E-state index >= 15 is 0 Å². The molecule has 6 heteroatoms. The van der Waals surface area contributed by atoms with Gasteiger partial charge in [0.1, 0.15) is 24.7 Å². The molecule has 0 saturated carbocycles. The fraction of sp³-hybridized carbons (Fsp3) is 0.174. The van der Waals surface area contributed by atoms with Gasteiger partial charge < -0.3 is 20.1 Å². The Morgan fingerprint density at radius 2 is 1.59 bits per heavy atom. The van der Waals surface area contributed by atoms with Crippen molar-refractivity contribution in [3.8, 4) is 11.5 Å². The van der Waals surface area contributed by atoms with Crippen molar-refractivity contribution in [1.29, 1.82) is 0 Å². The highest BCUT2D eigenvalue weighted by atomic mass is 35.5. The van der Waals surface area contributed by atoms with Gasteiger partial charge in [0.2, 0.25) is 5.91 Å². The second-order valence-electron chi connectivity index (χ2n) is 6.35. The molecular weight excluding hydrogens is 388 g/mol. The maximum atomic E-state index is 12.2. The van der Waals surface area contributed by atoms with Crippen molar-refractivity contribution >= 4 is 28.9 Å². The van der Waals surface area contributed by atoms with Gasteiger partial charge in [0, 0.05) is 22.5 Å². The van der Waals surface area contributed by atoms with Crippen LogP contribution in [0.5, 0.6) is 11.5 Å². The molecule has 0 saturated heterocycles. The van der Waals surface area contributed by atoms with E-state index in [1.165, 1.54) is 0 Å². The molecule has 0 radical (unpaired) electrons. The highest BCUT2D eigenvalue weighted by molar-refractivity contribution is 6.31. The summed E-state index contributed by atoms with van der Waals surface area (Å²) in [6.45, 7) is 2.88. The normalized spacial score (nSPS) is 10.3. The van der Waals surface area contributed by atoms with Gasteiger partial charge in [-0.15, -0.1) is 0 Å². The number of halogens is 1.